The van der Waals surface area contributed by atoms with Gasteiger partial charge in [0.2, 0.25) is 0 Å². The molecule has 0 rings (SSSR count). The molecule has 1 atom stereocenters. The fraction of sp³-hybridized carbons (Fsp3) is 0.857. The molecule has 9 heavy (non-hydrogen) atoms. The van der Waals surface area contributed by atoms with E-state index in [2.05, 4.69) is 18.3 Å². The third-order valence-electron chi connectivity index (χ3n) is 1.51. The van der Waals surface area contributed by atoms with Crippen molar-refractivity contribution in [2.75, 3.05) is 7.05 Å². The highest BCUT2D eigenvalue weighted by molar-refractivity contribution is 4.73. The van der Waals surface area contributed by atoms with E-state index >= 15 is 0 Å². The van der Waals surface area contributed by atoms with Gasteiger partial charge in [-0.15, -0.1) is 0 Å². The molecule has 0 fully saturated rings. The summed E-state index contributed by atoms with van der Waals surface area (Å²) in [6.07, 6.45) is 2.75. The van der Waals surface area contributed by atoms with Gasteiger partial charge in [0.25, 0.3) is 0 Å². The summed E-state index contributed by atoms with van der Waals surface area (Å²) in [7, 11) is 1.94. The molecule has 0 aliphatic carbocycles. The second kappa shape index (κ2) is 5.58. The molecule has 0 heterocycles. The van der Waals surface area contributed by atoms with Crippen molar-refractivity contribution in [1.82, 2.24) is 5.32 Å². The van der Waals surface area contributed by atoms with E-state index in [9.17, 15) is 0 Å². The molecule has 2 heteroatoms. The number of hydrogen-bond acceptors (Lipinski definition) is 2. The standard InChI is InChI=1S/C7H14N2/c1-3-7(9-2)5-4-6-8/h7,9H,3-5H2,1-2H3. The van der Waals surface area contributed by atoms with E-state index in [0.717, 1.165) is 12.8 Å². The van der Waals surface area contributed by atoms with Gasteiger partial charge in [0, 0.05) is 12.5 Å². The van der Waals surface area contributed by atoms with Gasteiger partial charge in [-0.2, -0.15) is 5.26 Å². The number of nitrogens with one attached hydrogen (secondary N) is 1. The van der Waals surface area contributed by atoms with Gasteiger partial charge in [0.15, 0.2) is 0 Å². The van der Waals surface area contributed by atoms with Gasteiger partial charge in [-0.3, -0.25) is 0 Å². The van der Waals surface area contributed by atoms with Crippen molar-refractivity contribution in [2.45, 2.75) is 32.2 Å². The van der Waals surface area contributed by atoms with Crippen LogP contribution in [0.5, 0.6) is 0 Å². The minimum Gasteiger partial charge on any atom is -0.317 e. The summed E-state index contributed by atoms with van der Waals surface area (Å²) < 4.78 is 0. The minimum absolute atomic E-state index is 0.532. The van der Waals surface area contributed by atoms with E-state index in [4.69, 9.17) is 5.26 Å². The first-order valence-corrected chi connectivity index (χ1v) is 3.39. The molecule has 1 unspecified atom stereocenters. The highest BCUT2D eigenvalue weighted by Gasteiger charge is 1.99. The van der Waals surface area contributed by atoms with E-state index in [-0.39, 0.29) is 0 Å². The molecule has 0 saturated carbocycles. The molecule has 2 nitrogen and oxygen atoms in total. The van der Waals surface area contributed by atoms with E-state index in [1.54, 1.807) is 0 Å². The molecule has 0 aliphatic heterocycles. The molecule has 0 aromatic rings. The second-order valence-corrected chi connectivity index (χ2v) is 2.09. The van der Waals surface area contributed by atoms with Crippen molar-refractivity contribution in [3.05, 3.63) is 0 Å². The van der Waals surface area contributed by atoms with Crippen molar-refractivity contribution in [3.63, 3.8) is 0 Å². The lowest BCUT2D eigenvalue weighted by atomic mass is 10.1. The number of nitriles is 1. The zero-order valence-electron chi connectivity index (χ0n) is 6.15. The summed E-state index contributed by atoms with van der Waals surface area (Å²) in [5, 5.41) is 11.4. The molecule has 0 aromatic heterocycles. The van der Waals surface area contributed by atoms with Crippen molar-refractivity contribution in [3.8, 4) is 6.07 Å². The third kappa shape index (κ3) is 3.99. The highest BCUT2D eigenvalue weighted by Crippen LogP contribution is 1.98. The second-order valence-electron chi connectivity index (χ2n) is 2.09. The van der Waals surface area contributed by atoms with E-state index in [1.807, 2.05) is 7.05 Å². The van der Waals surface area contributed by atoms with Crippen LogP contribution < -0.4 is 5.32 Å². The quantitative estimate of drug-likeness (QED) is 0.616. The normalized spacial score (nSPS) is 12.6. The maximum atomic E-state index is 8.23. The Morgan fingerprint density at radius 2 is 2.33 bits per heavy atom. The van der Waals surface area contributed by atoms with Crippen molar-refractivity contribution in [1.29, 1.82) is 5.26 Å². The Bertz CT molecular complexity index is 89.6. The number of hydrogen-bond donors (Lipinski definition) is 1. The van der Waals surface area contributed by atoms with Crippen molar-refractivity contribution < 1.29 is 0 Å². The zero-order valence-corrected chi connectivity index (χ0v) is 6.15. The largest absolute Gasteiger partial charge is 0.317 e. The van der Waals surface area contributed by atoms with Gasteiger partial charge < -0.3 is 5.32 Å². The van der Waals surface area contributed by atoms with Gasteiger partial charge in [-0.1, -0.05) is 6.92 Å². The smallest absolute Gasteiger partial charge is 0.0622 e. The molecular weight excluding hydrogens is 112 g/mol. The average molecular weight is 126 g/mol. The van der Waals surface area contributed by atoms with Crippen LogP contribution in [-0.4, -0.2) is 13.1 Å². The Morgan fingerprint density at radius 3 is 2.67 bits per heavy atom. The molecule has 0 saturated heterocycles. The van der Waals surface area contributed by atoms with Gasteiger partial charge in [0.1, 0.15) is 0 Å². The van der Waals surface area contributed by atoms with Crippen LogP contribution in [0.15, 0.2) is 0 Å². The molecule has 52 valence electrons. The summed E-state index contributed by atoms with van der Waals surface area (Å²) >= 11 is 0. The highest BCUT2D eigenvalue weighted by atomic mass is 14.9. The molecule has 0 bridgehead atoms. The average Bonchev–Trinajstić information content (AvgIpc) is 1.91. The minimum atomic E-state index is 0.532. The Kier molecular flexibility index (Phi) is 5.24. The van der Waals surface area contributed by atoms with Crippen LogP contribution in [0.1, 0.15) is 26.2 Å². The molecule has 0 radical (unpaired) electrons. The Hall–Kier alpha value is -0.550. The number of rotatable bonds is 4. The maximum Gasteiger partial charge on any atom is 0.0622 e. The first-order valence-electron chi connectivity index (χ1n) is 3.39. The van der Waals surface area contributed by atoms with Crippen LogP contribution in [0.4, 0.5) is 0 Å². The first-order chi connectivity index (χ1) is 4.35. The fourth-order valence-electron chi connectivity index (χ4n) is 0.791. The fourth-order valence-corrected chi connectivity index (χ4v) is 0.791. The Morgan fingerprint density at radius 1 is 1.67 bits per heavy atom. The Balaban J connectivity index is 3.22. The van der Waals surface area contributed by atoms with Crippen LogP contribution >= 0.6 is 0 Å². The summed E-state index contributed by atoms with van der Waals surface area (Å²) in [6.45, 7) is 2.12. The van der Waals surface area contributed by atoms with Crippen LogP contribution in [0.25, 0.3) is 0 Å². The zero-order chi connectivity index (χ0) is 7.11. The lowest BCUT2D eigenvalue weighted by Gasteiger charge is -2.09. The van der Waals surface area contributed by atoms with Crippen molar-refractivity contribution >= 4 is 0 Å². The van der Waals surface area contributed by atoms with Gasteiger partial charge in [-0.25, -0.2) is 0 Å². The first kappa shape index (κ1) is 8.45. The van der Waals surface area contributed by atoms with E-state index in [0.29, 0.717) is 12.5 Å². The summed E-state index contributed by atoms with van der Waals surface area (Å²) in [5.74, 6) is 0. The third-order valence-corrected chi connectivity index (χ3v) is 1.51. The van der Waals surface area contributed by atoms with E-state index < -0.39 is 0 Å². The summed E-state index contributed by atoms with van der Waals surface area (Å²) in [4.78, 5) is 0. The summed E-state index contributed by atoms with van der Waals surface area (Å²) in [5.41, 5.74) is 0. The molecule has 1 N–H and O–H groups in total. The number of nitrogens with zero attached hydrogens (tertiary/aromatic N) is 1. The topological polar surface area (TPSA) is 35.8 Å². The van der Waals surface area contributed by atoms with Crippen LogP contribution in [0, 0.1) is 11.3 Å². The Labute approximate surface area is 56.9 Å². The van der Waals surface area contributed by atoms with E-state index in [1.165, 1.54) is 0 Å². The lowest BCUT2D eigenvalue weighted by Crippen LogP contribution is -2.23. The molecule has 0 amide bonds. The van der Waals surface area contributed by atoms with Gasteiger partial charge in [0.05, 0.1) is 6.07 Å². The van der Waals surface area contributed by atoms with Crippen LogP contribution in [0.3, 0.4) is 0 Å². The molecule has 0 spiro atoms. The maximum absolute atomic E-state index is 8.23. The molecular formula is C7H14N2. The van der Waals surface area contributed by atoms with Gasteiger partial charge in [-0.05, 0) is 19.9 Å². The molecule has 0 aromatic carbocycles. The summed E-state index contributed by atoms with van der Waals surface area (Å²) in [6, 6.07) is 2.66. The van der Waals surface area contributed by atoms with Crippen molar-refractivity contribution in [2.24, 2.45) is 0 Å². The SMILES string of the molecule is CCC(CCC#N)NC. The molecule has 0 aliphatic rings. The van der Waals surface area contributed by atoms with Crippen LogP contribution in [0.2, 0.25) is 0 Å². The lowest BCUT2D eigenvalue weighted by molar-refractivity contribution is 0.515. The predicted molar refractivity (Wildman–Crippen MR) is 38.0 cm³/mol. The monoisotopic (exact) mass is 126 g/mol. The van der Waals surface area contributed by atoms with Crippen LogP contribution in [-0.2, 0) is 0 Å². The van der Waals surface area contributed by atoms with Gasteiger partial charge >= 0.3 is 0 Å². The predicted octanol–water partition coefficient (Wildman–Crippen LogP) is 1.29.